The molecule has 2 aromatic heterocycles. The summed E-state index contributed by atoms with van der Waals surface area (Å²) >= 11 is 3.54. The smallest absolute Gasteiger partial charge is 0.191 e. The molecular weight excluding hydrogens is 493 g/mol. The highest BCUT2D eigenvalue weighted by Gasteiger charge is 2.23. The van der Waals surface area contributed by atoms with Crippen molar-refractivity contribution in [3.8, 4) is 0 Å². The van der Waals surface area contributed by atoms with Crippen LogP contribution in [0.25, 0.3) is 0 Å². The van der Waals surface area contributed by atoms with Crippen LogP contribution in [0, 0.1) is 13.8 Å². The van der Waals surface area contributed by atoms with Crippen molar-refractivity contribution in [3.63, 3.8) is 0 Å². The molecule has 2 N–H and O–H groups in total. The molecular formula is C18H28IN5OS2. The summed E-state index contributed by atoms with van der Waals surface area (Å²) in [5.41, 5.74) is 1.11. The minimum Gasteiger partial charge on any atom is -0.379 e. The van der Waals surface area contributed by atoms with Crippen molar-refractivity contribution < 1.29 is 4.74 Å². The van der Waals surface area contributed by atoms with Crippen molar-refractivity contribution in [3.05, 3.63) is 38.0 Å². The molecule has 9 heteroatoms. The van der Waals surface area contributed by atoms with Gasteiger partial charge in [-0.2, -0.15) is 0 Å². The Hall–Kier alpha value is -0.750. The van der Waals surface area contributed by atoms with Crippen LogP contribution in [0.15, 0.2) is 22.5 Å². The Morgan fingerprint density at radius 2 is 2.11 bits per heavy atom. The highest BCUT2D eigenvalue weighted by Crippen LogP contribution is 2.25. The average Bonchev–Trinajstić information content (AvgIpc) is 3.29. The molecule has 3 rings (SSSR count). The van der Waals surface area contributed by atoms with Crippen LogP contribution in [0.2, 0.25) is 0 Å². The number of aliphatic imine (C=N–C) groups is 1. The zero-order valence-electron chi connectivity index (χ0n) is 16.0. The molecule has 27 heavy (non-hydrogen) atoms. The molecule has 1 unspecified atom stereocenters. The zero-order chi connectivity index (χ0) is 18.4. The first-order chi connectivity index (χ1) is 12.7. The van der Waals surface area contributed by atoms with E-state index in [1.54, 1.807) is 11.3 Å². The normalized spacial score (nSPS) is 16.6. The number of thiophene rings is 1. The second-order valence-corrected chi connectivity index (χ2v) is 8.50. The number of ether oxygens (including phenoxy) is 1. The number of aryl methyl sites for hydroxylation is 2. The molecule has 6 nitrogen and oxygen atoms in total. The first kappa shape index (κ1) is 22.5. The number of nitrogens with zero attached hydrogens (tertiary/aromatic N) is 3. The van der Waals surface area contributed by atoms with Crippen molar-refractivity contribution in [1.82, 2.24) is 20.5 Å². The molecule has 0 radical (unpaired) electrons. The van der Waals surface area contributed by atoms with E-state index in [4.69, 9.17) is 4.74 Å². The fourth-order valence-corrected chi connectivity index (χ4v) is 4.70. The number of guanidine groups is 1. The lowest BCUT2D eigenvalue weighted by molar-refractivity contribution is 0.0177. The number of hydrogen-bond donors (Lipinski definition) is 2. The molecule has 0 aliphatic carbocycles. The predicted octanol–water partition coefficient (Wildman–Crippen LogP) is 3.18. The number of nitrogens with one attached hydrogen (secondary N) is 2. The Morgan fingerprint density at radius 3 is 2.70 bits per heavy atom. The second-order valence-electron chi connectivity index (χ2n) is 6.24. The minimum absolute atomic E-state index is 0. The molecule has 1 saturated heterocycles. The van der Waals surface area contributed by atoms with Crippen LogP contribution in [0.1, 0.15) is 26.5 Å². The van der Waals surface area contributed by atoms with Crippen molar-refractivity contribution in [2.24, 2.45) is 4.99 Å². The van der Waals surface area contributed by atoms with Gasteiger partial charge >= 0.3 is 0 Å². The van der Waals surface area contributed by atoms with Crippen molar-refractivity contribution in [2.45, 2.75) is 26.4 Å². The predicted molar refractivity (Wildman–Crippen MR) is 125 cm³/mol. The van der Waals surface area contributed by atoms with E-state index in [1.165, 1.54) is 9.75 Å². The van der Waals surface area contributed by atoms with Gasteiger partial charge in [-0.1, -0.05) is 6.07 Å². The summed E-state index contributed by atoms with van der Waals surface area (Å²) in [6, 6.07) is 4.67. The van der Waals surface area contributed by atoms with Gasteiger partial charge in [-0.05, 0) is 25.3 Å². The van der Waals surface area contributed by atoms with E-state index in [9.17, 15) is 0 Å². The topological polar surface area (TPSA) is 61.8 Å². The molecule has 150 valence electrons. The number of hydrogen-bond acceptors (Lipinski definition) is 6. The third-order valence-electron chi connectivity index (χ3n) is 4.52. The van der Waals surface area contributed by atoms with Gasteiger partial charge in [0.15, 0.2) is 5.96 Å². The van der Waals surface area contributed by atoms with Gasteiger partial charge < -0.3 is 15.4 Å². The maximum Gasteiger partial charge on any atom is 0.191 e. The summed E-state index contributed by atoms with van der Waals surface area (Å²) in [4.78, 5) is 14.1. The zero-order valence-corrected chi connectivity index (χ0v) is 20.0. The number of halogens is 1. The van der Waals surface area contributed by atoms with E-state index in [-0.39, 0.29) is 24.0 Å². The lowest BCUT2D eigenvalue weighted by Crippen LogP contribution is -2.46. The van der Waals surface area contributed by atoms with E-state index in [0.717, 1.165) is 49.5 Å². The Labute approximate surface area is 186 Å². The first-order valence-electron chi connectivity index (χ1n) is 8.90. The van der Waals surface area contributed by atoms with E-state index in [2.05, 4.69) is 56.9 Å². The number of thiazole rings is 1. The summed E-state index contributed by atoms with van der Waals surface area (Å²) in [6.45, 7) is 9.21. The van der Waals surface area contributed by atoms with Crippen LogP contribution in [-0.2, 0) is 11.3 Å². The molecule has 1 aliphatic rings. The Balaban J connectivity index is 0.00000261. The van der Waals surface area contributed by atoms with E-state index in [1.807, 2.05) is 18.4 Å². The highest BCUT2D eigenvalue weighted by molar-refractivity contribution is 14.0. The van der Waals surface area contributed by atoms with Gasteiger partial charge in [0, 0.05) is 36.4 Å². The van der Waals surface area contributed by atoms with Crippen molar-refractivity contribution >= 4 is 52.6 Å². The van der Waals surface area contributed by atoms with E-state index >= 15 is 0 Å². The minimum atomic E-state index is 0. The van der Waals surface area contributed by atoms with Gasteiger partial charge in [-0.25, -0.2) is 4.98 Å². The third kappa shape index (κ3) is 6.38. The molecule has 0 spiro atoms. The molecule has 0 amide bonds. The second kappa shape index (κ2) is 11.3. The lowest BCUT2D eigenvalue weighted by Gasteiger charge is -2.34. The van der Waals surface area contributed by atoms with Crippen molar-refractivity contribution in [1.29, 1.82) is 0 Å². The summed E-state index contributed by atoms with van der Waals surface area (Å²) < 4.78 is 5.51. The molecule has 3 heterocycles. The molecule has 1 aliphatic heterocycles. The van der Waals surface area contributed by atoms with E-state index < -0.39 is 0 Å². The average molecular weight is 521 g/mol. The quantitative estimate of drug-likeness (QED) is 0.348. The Bertz CT molecular complexity index is 694. The van der Waals surface area contributed by atoms with E-state index in [0.29, 0.717) is 12.6 Å². The fourth-order valence-electron chi connectivity index (χ4n) is 2.97. The summed E-state index contributed by atoms with van der Waals surface area (Å²) in [7, 11) is 1.81. The molecule has 0 bridgehead atoms. The monoisotopic (exact) mass is 521 g/mol. The number of rotatable bonds is 6. The lowest BCUT2D eigenvalue weighted by atomic mass is 10.2. The Kier molecular flexibility index (Phi) is 9.43. The largest absolute Gasteiger partial charge is 0.379 e. The molecule has 0 saturated carbocycles. The van der Waals surface area contributed by atoms with Crippen LogP contribution >= 0.6 is 46.7 Å². The highest BCUT2D eigenvalue weighted by atomic mass is 127. The maximum atomic E-state index is 5.51. The van der Waals surface area contributed by atoms with Gasteiger partial charge in [-0.3, -0.25) is 9.89 Å². The fraction of sp³-hybridized carbons (Fsp3) is 0.556. The molecule has 1 atom stereocenters. The van der Waals surface area contributed by atoms with Crippen LogP contribution in [0.4, 0.5) is 0 Å². The summed E-state index contributed by atoms with van der Waals surface area (Å²) in [6.07, 6.45) is 0. The summed E-state index contributed by atoms with van der Waals surface area (Å²) in [5, 5.41) is 10.1. The van der Waals surface area contributed by atoms with Crippen LogP contribution in [0.3, 0.4) is 0 Å². The van der Waals surface area contributed by atoms with Crippen LogP contribution in [0.5, 0.6) is 0 Å². The third-order valence-corrected chi connectivity index (χ3v) is 6.57. The van der Waals surface area contributed by atoms with Crippen LogP contribution < -0.4 is 10.6 Å². The Morgan fingerprint density at radius 1 is 1.33 bits per heavy atom. The SMILES string of the molecule is CN=C(NCc1nc(C)c(C)s1)NCC(c1cccs1)N1CCOCC1.I. The number of aromatic nitrogens is 1. The van der Waals surface area contributed by atoms with Gasteiger partial charge in [0.25, 0.3) is 0 Å². The molecule has 0 aromatic carbocycles. The first-order valence-corrected chi connectivity index (χ1v) is 10.6. The van der Waals surface area contributed by atoms with Gasteiger partial charge in [0.2, 0.25) is 0 Å². The van der Waals surface area contributed by atoms with Gasteiger partial charge in [0.05, 0.1) is 31.5 Å². The standard InChI is InChI=1S/C18H27N5OS2.HI/c1-13-14(2)26-17(22-13)12-21-18(19-3)20-11-15(16-5-4-10-25-16)23-6-8-24-9-7-23;/h4-5,10,15H,6-9,11-12H2,1-3H3,(H2,19,20,21);1H. The summed E-state index contributed by atoms with van der Waals surface area (Å²) in [5.74, 6) is 0.810. The van der Waals surface area contributed by atoms with Crippen LogP contribution in [-0.4, -0.2) is 55.7 Å². The number of morpholine rings is 1. The van der Waals surface area contributed by atoms with Gasteiger partial charge in [0.1, 0.15) is 5.01 Å². The molecule has 2 aromatic rings. The van der Waals surface area contributed by atoms with Gasteiger partial charge in [-0.15, -0.1) is 46.7 Å². The molecule has 1 fully saturated rings. The van der Waals surface area contributed by atoms with Crippen molar-refractivity contribution in [2.75, 3.05) is 39.9 Å². The maximum absolute atomic E-state index is 5.51.